The van der Waals surface area contributed by atoms with Gasteiger partial charge in [0.2, 0.25) is 10.0 Å². The Labute approximate surface area is 126 Å². The average Bonchev–Trinajstić information content (AvgIpc) is 2.77. The standard InChI is InChI=1S/C12H14ClN3O2S2/c1-7-3-10(13)12(4-11(7)14)20(17,18)15-5-9-6-19-8(2)16-9/h3-4,6,15H,5,14H2,1-2H3. The summed E-state index contributed by atoms with van der Waals surface area (Å²) in [6.07, 6.45) is 0. The number of rotatable bonds is 4. The van der Waals surface area contributed by atoms with Crippen molar-refractivity contribution in [3.8, 4) is 0 Å². The van der Waals surface area contributed by atoms with Gasteiger partial charge in [-0.3, -0.25) is 0 Å². The van der Waals surface area contributed by atoms with E-state index in [9.17, 15) is 8.42 Å². The lowest BCUT2D eigenvalue weighted by Crippen LogP contribution is -2.24. The van der Waals surface area contributed by atoms with Crippen molar-refractivity contribution in [3.05, 3.63) is 38.8 Å². The number of sulfonamides is 1. The summed E-state index contributed by atoms with van der Waals surface area (Å²) in [6, 6.07) is 2.91. The Morgan fingerprint density at radius 2 is 2.10 bits per heavy atom. The van der Waals surface area contributed by atoms with E-state index in [1.54, 1.807) is 13.0 Å². The van der Waals surface area contributed by atoms with Crippen molar-refractivity contribution in [1.29, 1.82) is 0 Å². The van der Waals surface area contributed by atoms with Crippen LogP contribution in [0.1, 0.15) is 16.3 Å². The smallest absolute Gasteiger partial charge is 0.242 e. The van der Waals surface area contributed by atoms with E-state index in [2.05, 4.69) is 9.71 Å². The SMILES string of the molecule is Cc1nc(CNS(=O)(=O)c2cc(N)c(C)cc2Cl)cs1. The molecule has 0 aliphatic heterocycles. The summed E-state index contributed by atoms with van der Waals surface area (Å²) in [6.45, 7) is 3.75. The maximum atomic E-state index is 12.2. The summed E-state index contributed by atoms with van der Waals surface area (Å²) >= 11 is 7.45. The highest BCUT2D eigenvalue weighted by Gasteiger charge is 2.19. The van der Waals surface area contributed by atoms with Crippen LogP contribution in [0.5, 0.6) is 0 Å². The third-order valence-electron chi connectivity index (χ3n) is 2.72. The van der Waals surface area contributed by atoms with E-state index >= 15 is 0 Å². The van der Waals surface area contributed by atoms with Crippen LogP contribution < -0.4 is 10.5 Å². The van der Waals surface area contributed by atoms with Crippen LogP contribution in [0.25, 0.3) is 0 Å². The normalized spacial score (nSPS) is 11.8. The first-order valence-electron chi connectivity index (χ1n) is 5.76. The second kappa shape index (κ2) is 5.69. The van der Waals surface area contributed by atoms with Gasteiger partial charge in [0.15, 0.2) is 0 Å². The monoisotopic (exact) mass is 331 g/mol. The molecule has 0 radical (unpaired) electrons. The van der Waals surface area contributed by atoms with Crippen LogP contribution in [0.2, 0.25) is 5.02 Å². The van der Waals surface area contributed by atoms with Crippen LogP contribution in [-0.4, -0.2) is 13.4 Å². The summed E-state index contributed by atoms with van der Waals surface area (Å²) in [7, 11) is -3.72. The number of nitrogens with zero attached hydrogens (tertiary/aromatic N) is 1. The van der Waals surface area contributed by atoms with Gasteiger partial charge in [-0.25, -0.2) is 18.1 Å². The summed E-state index contributed by atoms with van der Waals surface area (Å²) < 4.78 is 26.9. The average molecular weight is 332 g/mol. The van der Waals surface area contributed by atoms with E-state index < -0.39 is 10.0 Å². The van der Waals surface area contributed by atoms with Gasteiger partial charge < -0.3 is 5.73 Å². The topological polar surface area (TPSA) is 85.1 Å². The fraction of sp³-hybridized carbons (Fsp3) is 0.250. The molecule has 8 heteroatoms. The van der Waals surface area contributed by atoms with Crippen LogP contribution in [0, 0.1) is 13.8 Å². The van der Waals surface area contributed by atoms with Gasteiger partial charge in [-0.05, 0) is 31.5 Å². The molecule has 5 nitrogen and oxygen atoms in total. The van der Waals surface area contributed by atoms with Crippen molar-refractivity contribution in [2.24, 2.45) is 0 Å². The molecule has 0 spiro atoms. The lowest BCUT2D eigenvalue weighted by molar-refractivity contribution is 0.580. The molecule has 1 aromatic carbocycles. The van der Waals surface area contributed by atoms with E-state index in [0.717, 1.165) is 10.6 Å². The largest absolute Gasteiger partial charge is 0.398 e. The molecule has 3 N–H and O–H groups in total. The Bertz CT molecular complexity index is 741. The molecule has 0 bridgehead atoms. The molecule has 0 aliphatic rings. The summed E-state index contributed by atoms with van der Waals surface area (Å²) in [5.41, 5.74) is 7.54. The third-order valence-corrected chi connectivity index (χ3v) is 5.41. The highest BCUT2D eigenvalue weighted by Crippen LogP contribution is 2.26. The van der Waals surface area contributed by atoms with Gasteiger partial charge >= 0.3 is 0 Å². The van der Waals surface area contributed by atoms with Crippen molar-refractivity contribution in [2.75, 3.05) is 5.73 Å². The third kappa shape index (κ3) is 3.29. The quantitative estimate of drug-likeness (QED) is 0.843. The minimum atomic E-state index is -3.72. The first-order valence-corrected chi connectivity index (χ1v) is 8.50. The molecule has 1 aromatic heterocycles. The van der Waals surface area contributed by atoms with E-state index in [1.165, 1.54) is 17.4 Å². The van der Waals surface area contributed by atoms with Gasteiger partial charge in [0.05, 0.1) is 22.3 Å². The van der Waals surface area contributed by atoms with Crippen LogP contribution in [0.3, 0.4) is 0 Å². The lowest BCUT2D eigenvalue weighted by atomic mass is 10.2. The highest BCUT2D eigenvalue weighted by molar-refractivity contribution is 7.89. The zero-order chi connectivity index (χ0) is 14.9. The van der Waals surface area contributed by atoms with Crippen molar-refractivity contribution >= 4 is 38.6 Å². The molecule has 20 heavy (non-hydrogen) atoms. The fourth-order valence-electron chi connectivity index (χ4n) is 1.61. The number of anilines is 1. The second-order valence-electron chi connectivity index (χ2n) is 4.32. The van der Waals surface area contributed by atoms with Crippen molar-refractivity contribution in [2.45, 2.75) is 25.3 Å². The predicted octanol–water partition coefficient (Wildman–Crippen LogP) is 2.47. The Morgan fingerprint density at radius 3 is 2.70 bits per heavy atom. The Balaban J connectivity index is 2.24. The maximum Gasteiger partial charge on any atom is 0.242 e. The van der Waals surface area contributed by atoms with E-state index in [4.69, 9.17) is 17.3 Å². The molecule has 0 atom stereocenters. The van der Waals surface area contributed by atoms with Crippen LogP contribution in [0.4, 0.5) is 5.69 Å². The lowest BCUT2D eigenvalue weighted by Gasteiger charge is -2.10. The molecule has 0 saturated carbocycles. The summed E-state index contributed by atoms with van der Waals surface area (Å²) in [5, 5.41) is 2.85. The number of halogens is 1. The van der Waals surface area contributed by atoms with E-state index in [-0.39, 0.29) is 16.5 Å². The molecule has 0 amide bonds. The Morgan fingerprint density at radius 1 is 1.40 bits per heavy atom. The molecule has 0 fully saturated rings. The number of aryl methyl sites for hydroxylation is 2. The summed E-state index contributed by atoms with van der Waals surface area (Å²) in [4.78, 5) is 4.18. The number of hydrogen-bond acceptors (Lipinski definition) is 5. The Hall–Kier alpha value is -1.15. The van der Waals surface area contributed by atoms with Gasteiger partial charge in [-0.2, -0.15) is 0 Å². The van der Waals surface area contributed by atoms with E-state index in [0.29, 0.717) is 11.4 Å². The predicted molar refractivity (Wildman–Crippen MR) is 81.5 cm³/mol. The first-order chi connectivity index (χ1) is 9.29. The number of nitrogens with two attached hydrogens (primary N) is 1. The maximum absolute atomic E-state index is 12.2. The van der Waals surface area contributed by atoms with Crippen molar-refractivity contribution in [3.63, 3.8) is 0 Å². The van der Waals surface area contributed by atoms with Crippen LogP contribution in [0.15, 0.2) is 22.4 Å². The number of nitrogen functional groups attached to an aromatic ring is 1. The molecule has 2 rings (SSSR count). The van der Waals surface area contributed by atoms with Gasteiger partial charge in [-0.15, -0.1) is 11.3 Å². The van der Waals surface area contributed by atoms with Gasteiger partial charge in [-0.1, -0.05) is 11.6 Å². The number of nitrogens with one attached hydrogen (secondary N) is 1. The zero-order valence-corrected chi connectivity index (χ0v) is 13.4. The van der Waals surface area contributed by atoms with Gasteiger partial charge in [0.1, 0.15) is 4.90 Å². The van der Waals surface area contributed by atoms with Crippen molar-refractivity contribution < 1.29 is 8.42 Å². The second-order valence-corrected chi connectivity index (χ2v) is 7.53. The summed E-state index contributed by atoms with van der Waals surface area (Å²) in [5.74, 6) is 0. The zero-order valence-electron chi connectivity index (χ0n) is 11.0. The fourth-order valence-corrected chi connectivity index (χ4v) is 3.84. The number of benzene rings is 1. The van der Waals surface area contributed by atoms with E-state index in [1.807, 2.05) is 12.3 Å². The van der Waals surface area contributed by atoms with Gasteiger partial charge in [0, 0.05) is 11.1 Å². The number of aromatic nitrogens is 1. The molecule has 108 valence electrons. The van der Waals surface area contributed by atoms with Crippen molar-refractivity contribution in [1.82, 2.24) is 9.71 Å². The van der Waals surface area contributed by atoms with Crippen LogP contribution >= 0.6 is 22.9 Å². The number of thiazole rings is 1. The molecule has 0 saturated heterocycles. The molecular formula is C12H14ClN3O2S2. The molecule has 0 unspecified atom stereocenters. The molecular weight excluding hydrogens is 318 g/mol. The molecule has 1 heterocycles. The highest BCUT2D eigenvalue weighted by atomic mass is 35.5. The number of hydrogen-bond donors (Lipinski definition) is 2. The van der Waals surface area contributed by atoms with Crippen LogP contribution in [-0.2, 0) is 16.6 Å². The minimum Gasteiger partial charge on any atom is -0.398 e. The minimum absolute atomic E-state index is 0.0192. The Kier molecular flexibility index (Phi) is 4.33. The van der Waals surface area contributed by atoms with Gasteiger partial charge in [0.25, 0.3) is 0 Å². The molecule has 2 aromatic rings. The first kappa shape index (κ1) is 15.2. The molecule has 0 aliphatic carbocycles.